The number of hydrogen-bond acceptors (Lipinski definition) is 5. The van der Waals surface area contributed by atoms with Gasteiger partial charge in [0.1, 0.15) is 0 Å². The molecule has 1 aliphatic rings. The van der Waals surface area contributed by atoms with Crippen molar-refractivity contribution >= 4 is 11.6 Å². The van der Waals surface area contributed by atoms with Crippen molar-refractivity contribution in [3.05, 3.63) is 47.8 Å². The summed E-state index contributed by atoms with van der Waals surface area (Å²) >= 11 is 0. The molecule has 0 radical (unpaired) electrons. The smallest absolute Gasteiger partial charge is 0.255 e. The third-order valence-corrected chi connectivity index (χ3v) is 5.12. The zero-order chi connectivity index (χ0) is 19.9. The average Bonchev–Trinajstić information content (AvgIpc) is 2.73. The van der Waals surface area contributed by atoms with E-state index in [1.54, 1.807) is 26.6 Å². The SMILES string of the molecule is COc1ccc(CCNc2cncc(C(=O)N3CCCC(C)C3)c2)cc1OC. The van der Waals surface area contributed by atoms with Crippen molar-refractivity contribution in [3.63, 3.8) is 0 Å². The third-order valence-electron chi connectivity index (χ3n) is 5.12. The number of carbonyl (C=O) groups is 1. The molecule has 6 heteroatoms. The van der Waals surface area contributed by atoms with Crippen molar-refractivity contribution < 1.29 is 14.3 Å². The Morgan fingerprint density at radius 1 is 1.21 bits per heavy atom. The molecule has 0 spiro atoms. The van der Waals surface area contributed by atoms with Crippen LogP contribution in [0.3, 0.4) is 0 Å². The van der Waals surface area contributed by atoms with Crippen molar-refractivity contribution in [2.24, 2.45) is 5.92 Å². The highest BCUT2D eigenvalue weighted by atomic mass is 16.5. The molecular weight excluding hydrogens is 354 g/mol. The number of piperidine rings is 1. The summed E-state index contributed by atoms with van der Waals surface area (Å²) in [6.07, 6.45) is 6.50. The number of pyridine rings is 1. The van der Waals surface area contributed by atoms with Crippen molar-refractivity contribution in [2.45, 2.75) is 26.2 Å². The molecule has 1 unspecified atom stereocenters. The maximum Gasteiger partial charge on any atom is 0.255 e. The predicted molar refractivity (Wildman–Crippen MR) is 110 cm³/mol. The Hall–Kier alpha value is -2.76. The molecule has 0 aliphatic carbocycles. The lowest BCUT2D eigenvalue weighted by Gasteiger charge is -2.31. The number of nitrogens with one attached hydrogen (secondary N) is 1. The fourth-order valence-corrected chi connectivity index (χ4v) is 3.60. The lowest BCUT2D eigenvalue weighted by Crippen LogP contribution is -2.39. The van der Waals surface area contributed by atoms with Gasteiger partial charge in [0.05, 0.1) is 25.5 Å². The molecule has 1 amide bonds. The second-order valence-corrected chi connectivity index (χ2v) is 7.33. The van der Waals surface area contributed by atoms with Crippen LogP contribution in [0.2, 0.25) is 0 Å². The standard InChI is InChI=1S/C22H29N3O3/c1-16-5-4-10-25(15-16)22(26)18-12-19(14-23-13-18)24-9-8-17-6-7-20(27-2)21(11-17)28-3/h6-7,11-14,16,24H,4-5,8-10,15H2,1-3H3. The molecular formula is C22H29N3O3. The van der Waals surface area contributed by atoms with Crippen LogP contribution in [0.25, 0.3) is 0 Å². The van der Waals surface area contributed by atoms with Gasteiger partial charge in [-0.25, -0.2) is 0 Å². The molecule has 150 valence electrons. The maximum atomic E-state index is 12.8. The highest BCUT2D eigenvalue weighted by Gasteiger charge is 2.22. The minimum atomic E-state index is 0.0718. The van der Waals surface area contributed by atoms with Crippen LogP contribution in [0.15, 0.2) is 36.7 Å². The van der Waals surface area contributed by atoms with Crippen LogP contribution in [0.1, 0.15) is 35.7 Å². The van der Waals surface area contributed by atoms with Gasteiger partial charge >= 0.3 is 0 Å². The van der Waals surface area contributed by atoms with Crippen molar-refractivity contribution in [3.8, 4) is 11.5 Å². The lowest BCUT2D eigenvalue weighted by molar-refractivity contribution is 0.0682. The van der Waals surface area contributed by atoms with Crippen LogP contribution >= 0.6 is 0 Å². The van der Waals surface area contributed by atoms with Gasteiger partial charge in [0.2, 0.25) is 0 Å². The number of amides is 1. The first kappa shape index (κ1) is 20.0. The molecule has 1 N–H and O–H groups in total. The van der Waals surface area contributed by atoms with Crippen LogP contribution in [-0.2, 0) is 6.42 Å². The van der Waals surface area contributed by atoms with Gasteiger partial charge in [-0.1, -0.05) is 13.0 Å². The van der Waals surface area contributed by atoms with Gasteiger partial charge in [0.15, 0.2) is 11.5 Å². The highest BCUT2D eigenvalue weighted by molar-refractivity contribution is 5.94. The monoisotopic (exact) mass is 383 g/mol. The second-order valence-electron chi connectivity index (χ2n) is 7.33. The molecule has 1 atom stereocenters. The van der Waals surface area contributed by atoms with E-state index < -0.39 is 0 Å². The van der Waals surface area contributed by atoms with E-state index in [1.165, 1.54) is 6.42 Å². The molecule has 1 aromatic heterocycles. The molecule has 0 saturated carbocycles. The Kier molecular flexibility index (Phi) is 6.74. The fraction of sp³-hybridized carbons (Fsp3) is 0.455. The number of nitrogens with zero attached hydrogens (tertiary/aromatic N) is 2. The van der Waals surface area contributed by atoms with E-state index in [0.717, 1.165) is 55.2 Å². The molecule has 1 saturated heterocycles. The topological polar surface area (TPSA) is 63.7 Å². The predicted octanol–water partition coefficient (Wildman–Crippen LogP) is 3.63. The van der Waals surface area contributed by atoms with Crippen LogP contribution in [0, 0.1) is 5.92 Å². The Bertz CT molecular complexity index is 809. The van der Waals surface area contributed by atoms with E-state index in [9.17, 15) is 4.79 Å². The summed E-state index contributed by atoms with van der Waals surface area (Å²) in [5.74, 6) is 2.09. The van der Waals surface area contributed by atoms with Crippen LogP contribution in [-0.4, -0.2) is 49.6 Å². The molecule has 2 aromatic rings. The minimum absolute atomic E-state index is 0.0718. The van der Waals surface area contributed by atoms with Gasteiger partial charge in [-0.05, 0) is 48.9 Å². The molecule has 6 nitrogen and oxygen atoms in total. The number of anilines is 1. The van der Waals surface area contributed by atoms with E-state index in [0.29, 0.717) is 11.5 Å². The zero-order valence-corrected chi connectivity index (χ0v) is 16.9. The van der Waals surface area contributed by atoms with Crippen molar-refractivity contribution in [1.29, 1.82) is 0 Å². The Balaban J connectivity index is 1.58. The van der Waals surface area contributed by atoms with Gasteiger partial charge in [0.25, 0.3) is 5.91 Å². The molecule has 0 bridgehead atoms. The number of aromatic nitrogens is 1. The first-order chi connectivity index (χ1) is 13.6. The van der Waals surface area contributed by atoms with Crippen LogP contribution in [0.4, 0.5) is 5.69 Å². The van der Waals surface area contributed by atoms with E-state index >= 15 is 0 Å². The fourth-order valence-electron chi connectivity index (χ4n) is 3.60. The summed E-state index contributed by atoms with van der Waals surface area (Å²) in [7, 11) is 3.27. The highest BCUT2D eigenvalue weighted by Crippen LogP contribution is 2.27. The first-order valence-corrected chi connectivity index (χ1v) is 9.80. The van der Waals surface area contributed by atoms with E-state index in [4.69, 9.17) is 9.47 Å². The quantitative estimate of drug-likeness (QED) is 0.791. The Morgan fingerprint density at radius 2 is 2.04 bits per heavy atom. The van der Waals surface area contributed by atoms with Gasteiger partial charge in [-0.2, -0.15) is 0 Å². The largest absolute Gasteiger partial charge is 0.493 e. The summed E-state index contributed by atoms with van der Waals surface area (Å²) in [4.78, 5) is 18.9. The second kappa shape index (κ2) is 9.44. The molecule has 28 heavy (non-hydrogen) atoms. The van der Waals surface area contributed by atoms with Gasteiger partial charge < -0.3 is 19.7 Å². The molecule has 3 rings (SSSR count). The number of likely N-dealkylation sites (tertiary alicyclic amines) is 1. The van der Waals surface area contributed by atoms with Crippen LogP contribution < -0.4 is 14.8 Å². The maximum absolute atomic E-state index is 12.8. The summed E-state index contributed by atoms with van der Waals surface area (Å²) in [5.41, 5.74) is 2.65. The Labute approximate surface area is 166 Å². The summed E-state index contributed by atoms with van der Waals surface area (Å²) in [5, 5.41) is 3.36. The van der Waals surface area contributed by atoms with Crippen molar-refractivity contribution in [2.75, 3.05) is 39.2 Å². The Morgan fingerprint density at radius 3 is 2.79 bits per heavy atom. The third kappa shape index (κ3) is 4.94. The molecule has 1 fully saturated rings. The molecule has 1 aromatic carbocycles. The van der Waals surface area contributed by atoms with E-state index in [1.807, 2.05) is 29.2 Å². The van der Waals surface area contributed by atoms with E-state index in [-0.39, 0.29) is 5.91 Å². The van der Waals surface area contributed by atoms with Gasteiger partial charge in [0, 0.05) is 32.0 Å². The number of ether oxygens (including phenoxy) is 2. The normalized spacial score (nSPS) is 16.5. The van der Waals surface area contributed by atoms with Crippen LogP contribution in [0.5, 0.6) is 11.5 Å². The lowest BCUT2D eigenvalue weighted by atomic mass is 10.00. The first-order valence-electron chi connectivity index (χ1n) is 9.80. The van der Waals surface area contributed by atoms with Gasteiger partial charge in [-0.15, -0.1) is 0 Å². The minimum Gasteiger partial charge on any atom is -0.493 e. The number of hydrogen-bond donors (Lipinski definition) is 1. The molecule has 2 heterocycles. The number of rotatable bonds is 7. The number of methoxy groups -OCH3 is 2. The number of carbonyl (C=O) groups excluding carboxylic acids is 1. The van der Waals surface area contributed by atoms with E-state index in [2.05, 4.69) is 17.2 Å². The number of benzene rings is 1. The summed E-state index contributed by atoms with van der Waals surface area (Å²) < 4.78 is 10.6. The molecule has 1 aliphatic heterocycles. The summed E-state index contributed by atoms with van der Waals surface area (Å²) in [6.45, 7) is 4.59. The zero-order valence-electron chi connectivity index (χ0n) is 16.9. The van der Waals surface area contributed by atoms with Crippen molar-refractivity contribution in [1.82, 2.24) is 9.88 Å². The average molecular weight is 383 g/mol. The van der Waals surface area contributed by atoms with Gasteiger partial charge in [-0.3, -0.25) is 9.78 Å². The summed E-state index contributed by atoms with van der Waals surface area (Å²) in [6, 6.07) is 7.81.